The lowest BCUT2D eigenvalue weighted by Gasteiger charge is -2.33. The smallest absolute Gasteiger partial charge is 0.257 e. The Morgan fingerprint density at radius 1 is 1.03 bits per heavy atom. The molecule has 9 nitrogen and oxygen atoms in total. The van der Waals surface area contributed by atoms with Gasteiger partial charge in [-0.1, -0.05) is 0 Å². The Bertz CT molecular complexity index is 910. The standard InChI is InChI=1S/C24H34N4O5/c1-6-30-19-14-17(15-20(31-7-2)21(19)32-8-3)24(29)28-13-9-10-18(16-28)33-23-22(27(4)5)25-11-12-26-23/h11-12,14-15,18H,6-10,13,16H2,1-5H3. The van der Waals surface area contributed by atoms with E-state index >= 15 is 0 Å². The number of carbonyl (C=O) groups excluding carboxylic acids is 1. The third kappa shape index (κ3) is 5.97. The summed E-state index contributed by atoms with van der Waals surface area (Å²) in [5.41, 5.74) is 0.500. The molecule has 0 N–H and O–H groups in total. The predicted molar refractivity (Wildman–Crippen MR) is 126 cm³/mol. The van der Waals surface area contributed by atoms with Crippen molar-refractivity contribution in [2.45, 2.75) is 39.7 Å². The van der Waals surface area contributed by atoms with Crippen LogP contribution in [0.4, 0.5) is 5.82 Å². The first-order chi connectivity index (χ1) is 16.0. The molecule has 1 amide bonds. The van der Waals surface area contributed by atoms with Crippen LogP contribution in [0.25, 0.3) is 0 Å². The molecule has 3 rings (SSSR count). The van der Waals surface area contributed by atoms with Crippen LogP contribution in [-0.4, -0.2) is 73.9 Å². The highest BCUT2D eigenvalue weighted by atomic mass is 16.5. The maximum Gasteiger partial charge on any atom is 0.257 e. The van der Waals surface area contributed by atoms with Gasteiger partial charge in [0, 0.05) is 38.6 Å². The zero-order valence-corrected chi connectivity index (χ0v) is 20.2. The summed E-state index contributed by atoms with van der Waals surface area (Å²) >= 11 is 0. The predicted octanol–water partition coefficient (Wildman–Crippen LogP) is 3.42. The van der Waals surface area contributed by atoms with Crippen LogP contribution in [0.3, 0.4) is 0 Å². The first-order valence-electron chi connectivity index (χ1n) is 11.5. The number of anilines is 1. The lowest BCUT2D eigenvalue weighted by molar-refractivity contribution is 0.0527. The minimum Gasteiger partial charge on any atom is -0.490 e. The second-order valence-corrected chi connectivity index (χ2v) is 7.81. The molecule has 0 aliphatic carbocycles. The first kappa shape index (κ1) is 24.4. The van der Waals surface area contributed by atoms with Crippen LogP contribution in [0.15, 0.2) is 24.5 Å². The van der Waals surface area contributed by atoms with Crippen molar-refractivity contribution < 1.29 is 23.7 Å². The van der Waals surface area contributed by atoms with E-state index in [2.05, 4.69) is 9.97 Å². The third-order valence-corrected chi connectivity index (χ3v) is 5.17. The van der Waals surface area contributed by atoms with Crippen molar-refractivity contribution >= 4 is 11.7 Å². The number of nitrogens with zero attached hydrogens (tertiary/aromatic N) is 4. The van der Waals surface area contributed by atoms with Gasteiger partial charge >= 0.3 is 0 Å². The number of benzene rings is 1. The molecule has 1 atom stereocenters. The maximum atomic E-state index is 13.4. The molecule has 180 valence electrons. The summed E-state index contributed by atoms with van der Waals surface area (Å²) in [5, 5.41) is 0. The van der Waals surface area contributed by atoms with Gasteiger partial charge in [-0.2, -0.15) is 0 Å². The van der Waals surface area contributed by atoms with Crippen molar-refractivity contribution in [1.82, 2.24) is 14.9 Å². The molecular weight excluding hydrogens is 424 g/mol. The van der Waals surface area contributed by atoms with Gasteiger partial charge in [-0.05, 0) is 45.7 Å². The summed E-state index contributed by atoms with van der Waals surface area (Å²) in [5.74, 6) is 2.58. The molecule has 1 unspecified atom stereocenters. The average Bonchev–Trinajstić information content (AvgIpc) is 2.81. The average molecular weight is 459 g/mol. The minimum atomic E-state index is -0.168. The molecule has 0 radical (unpaired) electrons. The van der Waals surface area contributed by atoms with E-state index in [4.69, 9.17) is 18.9 Å². The molecule has 1 aromatic heterocycles. The quantitative estimate of drug-likeness (QED) is 0.535. The van der Waals surface area contributed by atoms with E-state index in [1.54, 1.807) is 29.4 Å². The number of hydrogen-bond acceptors (Lipinski definition) is 8. The number of amides is 1. The number of aromatic nitrogens is 2. The Labute approximate surface area is 195 Å². The Morgan fingerprint density at radius 2 is 1.67 bits per heavy atom. The van der Waals surface area contributed by atoms with Crippen LogP contribution < -0.4 is 23.8 Å². The van der Waals surface area contributed by atoms with Gasteiger partial charge in [0.15, 0.2) is 17.3 Å². The number of ether oxygens (including phenoxy) is 4. The maximum absolute atomic E-state index is 13.4. The normalized spacial score (nSPS) is 15.7. The van der Waals surface area contributed by atoms with Gasteiger partial charge in [-0.3, -0.25) is 4.79 Å². The molecule has 1 saturated heterocycles. The fraction of sp³-hybridized carbons (Fsp3) is 0.542. The van der Waals surface area contributed by atoms with Gasteiger partial charge in [-0.25, -0.2) is 9.97 Å². The van der Waals surface area contributed by atoms with E-state index in [1.807, 2.05) is 39.8 Å². The number of hydrogen-bond donors (Lipinski definition) is 0. The fourth-order valence-electron chi connectivity index (χ4n) is 3.78. The van der Waals surface area contributed by atoms with Crippen molar-refractivity contribution in [3.63, 3.8) is 0 Å². The van der Waals surface area contributed by atoms with Crippen LogP contribution in [-0.2, 0) is 0 Å². The fourth-order valence-corrected chi connectivity index (χ4v) is 3.78. The number of likely N-dealkylation sites (tertiary alicyclic amines) is 1. The molecule has 0 spiro atoms. The lowest BCUT2D eigenvalue weighted by atomic mass is 10.1. The van der Waals surface area contributed by atoms with Crippen molar-refractivity contribution in [1.29, 1.82) is 0 Å². The molecule has 1 fully saturated rings. The zero-order chi connectivity index (χ0) is 23.8. The van der Waals surface area contributed by atoms with E-state index in [0.29, 0.717) is 67.4 Å². The largest absolute Gasteiger partial charge is 0.490 e. The molecule has 2 heterocycles. The van der Waals surface area contributed by atoms with Gasteiger partial charge < -0.3 is 28.7 Å². The van der Waals surface area contributed by atoms with Crippen LogP contribution in [0, 0.1) is 0 Å². The zero-order valence-electron chi connectivity index (χ0n) is 20.2. The van der Waals surface area contributed by atoms with Gasteiger partial charge in [0.05, 0.1) is 26.4 Å². The molecule has 1 aromatic carbocycles. The molecule has 1 aliphatic heterocycles. The van der Waals surface area contributed by atoms with Crippen molar-refractivity contribution in [3.05, 3.63) is 30.1 Å². The van der Waals surface area contributed by atoms with Crippen LogP contribution in [0.2, 0.25) is 0 Å². The molecule has 9 heteroatoms. The summed E-state index contributed by atoms with van der Waals surface area (Å²) in [4.78, 5) is 25.8. The Balaban J connectivity index is 1.81. The van der Waals surface area contributed by atoms with Crippen LogP contribution >= 0.6 is 0 Å². The minimum absolute atomic E-state index is 0.0970. The monoisotopic (exact) mass is 458 g/mol. The van der Waals surface area contributed by atoms with E-state index in [0.717, 1.165) is 12.8 Å². The SMILES string of the molecule is CCOc1cc(C(=O)N2CCCC(Oc3nccnc3N(C)C)C2)cc(OCC)c1OCC. The first-order valence-corrected chi connectivity index (χ1v) is 11.5. The van der Waals surface area contributed by atoms with Gasteiger partial charge in [0.25, 0.3) is 11.8 Å². The highest BCUT2D eigenvalue weighted by Crippen LogP contribution is 2.39. The van der Waals surface area contributed by atoms with E-state index in [1.165, 1.54) is 0 Å². The number of rotatable bonds is 10. The summed E-state index contributed by atoms with van der Waals surface area (Å²) in [6.45, 7) is 8.18. The summed E-state index contributed by atoms with van der Waals surface area (Å²) in [6, 6.07) is 3.47. The van der Waals surface area contributed by atoms with E-state index in [-0.39, 0.29) is 12.0 Å². The molecule has 1 aliphatic rings. The number of carbonyl (C=O) groups is 1. The van der Waals surface area contributed by atoms with Crippen molar-refractivity contribution in [2.75, 3.05) is 51.9 Å². The summed E-state index contributed by atoms with van der Waals surface area (Å²) in [7, 11) is 3.79. The Morgan fingerprint density at radius 3 is 2.27 bits per heavy atom. The summed E-state index contributed by atoms with van der Waals surface area (Å²) < 4.78 is 23.5. The molecule has 0 bridgehead atoms. The van der Waals surface area contributed by atoms with Gasteiger partial charge in [0.1, 0.15) is 6.10 Å². The second kappa shape index (κ2) is 11.6. The summed E-state index contributed by atoms with van der Waals surface area (Å²) in [6.07, 6.45) is 4.75. The Kier molecular flexibility index (Phi) is 8.57. The molecular formula is C24H34N4O5. The molecule has 33 heavy (non-hydrogen) atoms. The molecule has 2 aromatic rings. The van der Waals surface area contributed by atoms with Crippen molar-refractivity contribution in [2.24, 2.45) is 0 Å². The van der Waals surface area contributed by atoms with Gasteiger partial charge in [-0.15, -0.1) is 0 Å². The highest BCUT2D eigenvalue weighted by Gasteiger charge is 2.28. The lowest BCUT2D eigenvalue weighted by Crippen LogP contribution is -2.44. The van der Waals surface area contributed by atoms with Crippen LogP contribution in [0.5, 0.6) is 23.1 Å². The van der Waals surface area contributed by atoms with E-state index < -0.39 is 0 Å². The van der Waals surface area contributed by atoms with Crippen LogP contribution in [0.1, 0.15) is 44.0 Å². The third-order valence-electron chi connectivity index (χ3n) is 5.17. The Hall–Kier alpha value is -3.23. The second-order valence-electron chi connectivity index (χ2n) is 7.81. The topological polar surface area (TPSA) is 86.2 Å². The van der Waals surface area contributed by atoms with E-state index in [9.17, 15) is 4.79 Å². The van der Waals surface area contributed by atoms with Crippen molar-refractivity contribution in [3.8, 4) is 23.1 Å². The molecule has 0 saturated carbocycles. The highest BCUT2D eigenvalue weighted by molar-refractivity contribution is 5.95. The van der Waals surface area contributed by atoms with Gasteiger partial charge in [0.2, 0.25) is 5.75 Å². The number of piperidine rings is 1.